The average Bonchev–Trinajstić information content (AvgIpc) is 3.72. The van der Waals surface area contributed by atoms with Crippen molar-refractivity contribution in [3.63, 3.8) is 0 Å². The lowest BCUT2D eigenvalue weighted by Gasteiger charge is -2.36. The molecule has 5 nitrogen and oxygen atoms in total. The third-order valence-corrected chi connectivity index (χ3v) is 10.1. The van der Waals surface area contributed by atoms with Gasteiger partial charge in [0, 0.05) is 27.6 Å². The number of fused-ring (bicyclic) bond motifs is 10. The summed E-state index contributed by atoms with van der Waals surface area (Å²) in [6.07, 6.45) is 6.78. The minimum Gasteiger partial charge on any atom is -0.456 e. The molecule has 0 amide bonds. The normalized spacial score (nSPS) is 17.3. The number of para-hydroxylation sites is 1. The molecule has 0 radical (unpaired) electrons. The highest BCUT2D eigenvalue weighted by atomic mass is 16.5. The zero-order valence-electron chi connectivity index (χ0n) is 22.2. The molecule has 1 spiro atoms. The fourth-order valence-electron chi connectivity index (χ4n) is 8.72. The Morgan fingerprint density at radius 1 is 0.571 bits per heavy atom. The van der Waals surface area contributed by atoms with E-state index in [1.807, 2.05) is 0 Å². The monoisotopic (exact) mass is 536 g/mol. The molecule has 0 aliphatic carbocycles. The maximum atomic E-state index is 6.89. The smallest absolute Gasteiger partial charge is 0.318 e. The van der Waals surface area contributed by atoms with Gasteiger partial charge in [-0.15, -0.1) is 0 Å². The fourth-order valence-corrected chi connectivity index (χ4v) is 8.72. The van der Waals surface area contributed by atoms with Crippen molar-refractivity contribution in [1.29, 1.82) is 0 Å². The summed E-state index contributed by atoms with van der Waals surface area (Å²) in [7, 11) is 0. The van der Waals surface area contributed by atoms with Gasteiger partial charge in [-0.05, 0) is 59.3 Å². The van der Waals surface area contributed by atoms with E-state index >= 15 is 0 Å². The van der Waals surface area contributed by atoms with Gasteiger partial charge in [0.2, 0.25) is 0 Å². The highest BCUT2D eigenvalue weighted by Crippen LogP contribution is 2.57. The van der Waals surface area contributed by atoms with Crippen LogP contribution in [-0.4, -0.2) is 8.97 Å². The van der Waals surface area contributed by atoms with Gasteiger partial charge in [-0.1, -0.05) is 48.5 Å². The van der Waals surface area contributed by atoms with Crippen LogP contribution in [0.3, 0.4) is 0 Å². The Bertz CT molecular complexity index is 2780. The molecule has 5 heteroatoms. The number of hydrogen-bond acceptors (Lipinski definition) is 1. The van der Waals surface area contributed by atoms with Crippen LogP contribution >= 0.6 is 0 Å². The van der Waals surface area contributed by atoms with E-state index in [1.54, 1.807) is 0 Å². The van der Waals surface area contributed by atoms with Crippen LogP contribution in [0.25, 0.3) is 65.7 Å². The quantitative estimate of drug-likeness (QED) is 0.150. The molecule has 0 bridgehead atoms. The largest absolute Gasteiger partial charge is 0.456 e. The SMILES string of the molecule is c1cc[n+]2c(c1)-n1c3ccccc3c3ccc4c(c31)C21c2c(ccc3c2c2n(cc[n+]21)c1ccc2ccccc2c31)O4. The van der Waals surface area contributed by atoms with E-state index in [1.165, 1.54) is 71.0 Å². The van der Waals surface area contributed by atoms with E-state index in [4.69, 9.17) is 4.74 Å². The van der Waals surface area contributed by atoms with Crippen LogP contribution in [0.4, 0.5) is 0 Å². The molecule has 7 heterocycles. The van der Waals surface area contributed by atoms with Gasteiger partial charge in [-0.25, -0.2) is 0 Å². The predicted octanol–water partition coefficient (Wildman–Crippen LogP) is 7.10. The summed E-state index contributed by atoms with van der Waals surface area (Å²) >= 11 is 0. The van der Waals surface area contributed by atoms with Crippen molar-refractivity contribution in [3.05, 3.63) is 133 Å². The number of imidazole rings is 1. The zero-order valence-corrected chi connectivity index (χ0v) is 22.2. The molecule has 0 saturated heterocycles. The van der Waals surface area contributed by atoms with Crippen LogP contribution in [0.5, 0.6) is 11.5 Å². The molecular weight excluding hydrogens is 516 g/mol. The Kier molecular flexibility index (Phi) is 3.03. The van der Waals surface area contributed by atoms with Gasteiger partial charge in [0.25, 0.3) is 11.5 Å². The molecule has 12 rings (SSSR count). The van der Waals surface area contributed by atoms with Gasteiger partial charge < -0.3 is 4.74 Å². The lowest BCUT2D eigenvalue weighted by molar-refractivity contribution is -0.956. The Morgan fingerprint density at radius 2 is 1.38 bits per heavy atom. The highest BCUT2D eigenvalue weighted by Gasteiger charge is 2.64. The molecule has 1 unspecified atom stereocenters. The second-order valence-electron chi connectivity index (χ2n) is 11.8. The van der Waals surface area contributed by atoms with Crippen LogP contribution in [0, 0.1) is 0 Å². The van der Waals surface area contributed by atoms with E-state index in [-0.39, 0.29) is 0 Å². The molecule has 0 fully saturated rings. The molecule has 9 aromatic rings. The minimum atomic E-state index is -0.632. The Morgan fingerprint density at radius 3 is 2.33 bits per heavy atom. The summed E-state index contributed by atoms with van der Waals surface area (Å²) in [5, 5.41) is 8.84. The summed E-state index contributed by atoms with van der Waals surface area (Å²) in [4.78, 5) is 0. The molecule has 0 saturated carbocycles. The third kappa shape index (κ3) is 1.85. The molecule has 1 atom stereocenters. The summed E-state index contributed by atoms with van der Waals surface area (Å²) in [6.45, 7) is 0. The number of rotatable bonds is 0. The lowest BCUT2D eigenvalue weighted by atomic mass is 9.83. The first kappa shape index (κ1) is 20.2. The Balaban J connectivity index is 1.41. The molecule has 5 aromatic carbocycles. The van der Waals surface area contributed by atoms with E-state index in [0.29, 0.717) is 0 Å². The standard InChI is InChI=1S/C37H20N4O/c1-2-8-22-21(7-1)12-15-27-31(22)25-14-17-28-33-32(25)36-38(27)19-20-40(36)37(33)34-29(42-28)16-13-24-23-9-3-4-10-26(23)41(35(24)34)30-11-5-6-18-39(30)37/h1-20H/q+2. The first-order chi connectivity index (χ1) is 20.9. The number of nitrogens with zero attached hydrogens (tertiary/aromatic N) is 4. The van der Waals surface area contributed by atoms with Crippen LogP contribution in [-0.2, 0) is 5.66 Å². The Labute approximate surface area is 238 Å². The molecule has 3 aliphatic heterocycles. The van der Waals surface area contributed by atoms with E-state index in [2.05, 4.69) is 140 Å². The molecular formula is C37H20N4O+2. The second-order valence-corrected chi connectivity index (χ2v) is 11.8. The van der Waals surface area contributed by atoms with E-state index < -0.39 is 5.66 Å². The van der Waals surface area contributed by atoms with Gasteiger partial charge >= 0.3 is 5.66 Å². The van der Waals surface area contributed by atoms with Gasteiger partial charge in [-0.2, -0.15) is 18.1 Å². The van der Waals surface area contributed by atoms with Crippen molar-refractivity contribution in [2.24, 2.45) is 0 Å². The van der Waals surface area contributed by atoms with Crippen LogP contribution in [0.15, 0.2) is 122 Å². The zero-order chi connectivity index (χ0) is 26.9. The molecule has 0 N–H and O–H groups in total. The average molecular weight is 537 g/mol. The van der Waals surface area contributed by atoms with Crippen molar-refractivity contribution in [1.82, 2.24) is 8.97 Å². The lowest BCUT2D eigenvalue weighted by Crippen LogP contribution is -2.75. The highest BCUT2D eigenvalue weighted by molar-refractivity contribution is 6.23. The van der Waals surface area contributed by atoms with Crippen LogP contribution < -0.4 is 13.9 Å². The number of aromatic nitrogens is 4. The minimum absolute atomic E-state index is 0.632. The first-order valence-corrected chi connectivity index (χ1v) is 14.5. The number of benzene rings is 5. The predicted molar refractivity (Wildman–Crippen MR) is 163 cm³/mol. The van der Waals surface area contributed by atoms with Crippen molar-refractivity contribution in [3.8, 4) is 17.3 Å². The maximum absolute atomic E-state index is 6.89. The van der Waals surface area contributed by atoms with Gasteiger partial charge in [-0.3, -0.25) is 0 Å². The van der Waals surface area contributed by atoms with Crippen molar-refractivity contribution >= 4 is 59.9 Å². The van der Waals surface area contributed by atoms with Crippen molar-refractivity contribution < 1.29 is 13.9 Å². The van der Waals surface area contributed by atoms with Gasteiger partial charge in [0.15, 0.2) is 5.52 Å². The summed E-state index contributed by atoms with van der Waals surface area (Å²) in [6, 6.07) is 37.5. The second kappa shape index (κ2) is 6.29. The van der Waals surface area contributed by atoms with Gasteiger partial charge in [0.1, 0.15) is 46.1 Å². The van der Waals surface area contributed by atoms with Gasteiger partial charge in [0.05, 0.1) is 11.6 Å². The third-order valence-electron chi connectivity index (χ3n) is 10.1. The number of ether oxygens (including phenoxy) is 1. The molecule has 3 aliphatic rings. The topological polar surface area (TPSA) is 26.3 Å². The van der Waals surface area contributed by atoms with E-state index in [0.717, 1.165) is 17.3 Å². The molecule has 42 heavy (non-hydrogen) atoms. The first-order valence-electron chi connectivity index (χ1n) is 14.5. The maximum Gasteiger partial charge on any atom is 0.318 e. The summed E-state index contributed by atoms with van der Waals surface area (Å²) in [5.74, 6) is 2.98. The number of hydrogen-bond donors (Lipinski definition) is 0. The van der Waals surface area contributed by atoms with Crippen LogP contribution in [0.1, 0.15) is 11.1 Å². The summed E-state index contributed by atoms with van der Waals surface area (Å²) < 4.78 is 16.7. The van der Waals surface area contributed by atoms with Crippen molar-refractivity contribution in [2.45, 2.75) is 5.66 Å². The van der Waals surface area contributed by atoms with Crippen LogP contribution in [0.2, 0.25) is 0 Å². The number of pyridine rings is 2. The fraction of sp³-hybridized carbons (Fsp3) is 0.0270. The summed E-state index contributed by atoms with van der Waals surface area (Å²) in [5.41, 5.74) is 6.63. The molecule has 4 aromatic heterocycles. The molecule has 192 valence electrons. The Hall–Kier alpha value is -5.68. The van der Waals surface area contributed by atoms with Crippen molar-refractivity contribution in [2.75, 3.05) is 0 Å². The van der Waals surface area contributed by atoms with E-state index in [9.17, 15) is 0 Å².